The summed E-state index contributed by atoms with van der Waals surface area (Å²) >= 11 is 0. The Kier molecular flexibility index (Phi) is 6.30. The molecule has 8 heteroatoms. The zero-order valence-corrected chi connectivity index (χ0v) is 17.1. The van der Waals surface area contributed by atoms with Gasteiger partial charge in [-0.1, -0.05) is 36.4 Å². The van der Waals surface area contributed by atoms with Crippen LogP contribution in [0.1, 0.15) is 12.0 Å². The minimum atomic E-state index is -4.43. The molecule has 0 radical (unpaired) electrons. The van der Waals surface area contributed by atoms with E-state index in [1.807, 2.05) is 48.5 Å². The minimum absolute atomic E-state index is 0.0610. The summed E-state index contributed by atoms with van der Waals surface area (Å²) in [7, 11) is 0. The molecule has 3 aromatic rings. The zero-order chi connectivity index (χ0) is 22.6. The molecule has 0 spiro atoms. The van der Waals surface area contributed by atoms with E-state index in [4.69, 9.17) is 9.47 Å². The Morgan fingerprint density at radius 1 is 1.06 bits per heavy atom. The maximum Gasteiger partial charge on any atom is 0.417 e. The van der Waals surface area contributed by atoms with E-state index in [1.165, 1.54) is 6.07 Å². The van der Waals surface area contributed by atoms with Gasteiger partial charge in [0.1, 0.15) is 18.5 Å². The van der Waals surface area contributed by atoms with Gasteiger partial charge in [-0.25, -0.2) is 4.98 Å². The van der Waals surface area contributed by atoms with Crippen LogP contribution in [0, 0.1) is 0 Å². The average molecular weight is 442 g/mol. The summed E-state index contributed by atoms with van der Waals surface area (Å²) in [4.78, 5) is 16.7. The van der Waals surface area contributed by atoms with Crippen molar-refractivity contribution in [1.29, 1.82) is 0 Å². The average Bonchev–Trinajstić information content (AvgIpc) is 3.26. The van der Waals surface area contributed by atoms with Crippen LogP contribution in [0.25, 0.3) is 11.1 Å². The fourth-order valence-electron chi connectivity index (χ4n) is 3.66. The maximum absolute atomic E-state index is 12.7. The molecular formula is C24H21F3N2O3. The van der Waals surface area contributed by atoms with Gasteiger partial charge in [0.05, 0.1) is 17.8 Å². The van der Waals surface area contributed by atoms with E-state index in [-0.39, 0.29) is 18.6 Å². The molecule has 2 heterocycles. The second-order valence-corrected chi connectivity index (χ2v) is 7.38. The van der Waals surface area contributed by atoms with Crippen molar-refractivity contribution in [3.63, 3.8) is 0 Å². The highest BCUT2D eigenvalue weighted by atomic mass is 19.4. The number of alkyl halides is 3. The van der Waals surface area contributed by atoms with Gasteiger partial charge in [-0.15, -0.1) is 0 Å². The third kappa shape index (κ3) is 5.01. The normalized spacial score (nSPS) is 16.1. The molecule has 0 amide bonds. The Labute approximate surface area is 183 Å². The van der Waals surface area contributed by atoms with Crippen molar-refractivity contribution in [2.45, 2.75) is 18.7 Å². The molecule has 1 aliphatic rings. The molecule has 2 aromatic carbocycles. The molecule has 0 aliphatic carbocycles. The van der Waals surface area contributed by atoms with E-state index in [1.54, 1.807) is 0 Å². The highest BCUT2D eigenvalue weighted by Gasteiger charge is 2.31. The van der Waals surface area contributed by atoms with Crippen LogP contribution in [0.5, 0.6) is 11.6 Å². The summed E-state index contributed by atoms with van der Waals surface area (Å²) in [6, 6.07) is 17.9. The van der Waals surface area contributed by atoms with Gasteiger partial charge < -0.3 is 14.4 Å². The van der Waals surface area contributed by atoms with Crippen molar-refractivity contribution < 1.29 is 27.4 Å². The van der Waals surface area contributed by atoms with Crippen LogP contribution in [0.15, 0.2) is 66.9 Å². The molecular weight excluding hydrogens is 421 g/mol. The van der Waals surface area contributed by atoms with Gasteiger partial charge in [-0.05, 0) is 29.3 Å². The van der Waals surface area contributed by atoms with Crippen molar-refractivity contribution in [3.05, 3.63) is 72.4 Å². The molecule has 1 saturated heterocycles. The Morgan fingerprint density at radius 2 is 1.88 bits per heavy atom. The van der Waals surface area contributed by atoms with Crippen LogP contribution in [0.3, 0.4) is 0 Å². The Hall–Kier alpha value is -3.55. The maximum atomic E-state index is 12.7. The van der Waals surface area contributed by atoms with E-state index in [0.717, 1.165) is 29.1 Å². The Balaban J connectivity index is 1.48. The topological polar surface area (TPSA) is 51.7 Å². The van der Waals surface area contributed by atoms with Crippen molar-refractivity contribution in [2.75, 3.05) is 24.6 Å². The number of benzene rings is 2. The van der Waals surface area contributed by atoms with Gasteiger partial charge in [-0.3, -0.25) is 4.79 Å². The number of carbonyl (C=O) groups is 1. The first-order valence-electron chi connectivity index (χ1n) is 10.1. The monoisotopic (exact) mass is 442 g/mol. The molecule has 1 aliphatic heterocycles. The van der Waals surface area contributed by atoms with Crippen molar-refractivity contribution in [1.82, 2.24) is 4.98 Å². The van der Waals surface area contributed by atoms with E-state index in [2.05, 4.69) is 9.88 Å². The van der Waals surface area contributed by atoms with Crippen LogP contribution in [0.4, 0.5) is 18.9 Å². The van der Waals surface area contributed by atoms with E-state index < -0.39 is 11.7 Å². The highest BCUT2D eigenvalue weighted by molar-refractivity contribution is 5.72. The van der Waals surface area contributed by atoms with Gasteiger partial charge in [0, 0.05) is 25.2 Å². The molecule has 32 heavy (non-hydrogen) atoms. The summed E-state index contributed by atoms with van der Waals surface area (Å²) < 4.78 is 49.6. The van der Waals surface area contributed by atoms with Crippen molar-refractivity contribution >= 4 is 12.0 Å². The van der Waals surface area contributed by atoms with Crippen LogP contribution >= 0.6 is 0 Å². The van der Waals surface area contributed by atoms with Crippen LogP contribution in [0.2, 0.25) is 0 Å². The first kappa shape index (κ1) is 21.7. The number of aromatic nitrogens is 1. The fraction of sp³-hybridized carbons (Fsp3) is 0.250. The first-order valence-corrected chi connectivity index (χ1v) is 10.1. The SMILES string of the molecule is O=CCOc1cc(-c2ccccc2)ccc1N1CCC(Oc2ccc(C(F)(F)F)cn2)C1. The van der Waals surface area contributed by atoms with Gasteiger partial charge in [0.2, 0.25) is 5.88 Å². The van der Waals surface area contributed by atoms with E-state index in [0.29, 0.717) is 31.5 Å². The standard InChI is InChI=1S/C24H21F3N2O3/c25-24(26,27)19-7-9-23(28-15-19)32-20-10-11-29(16-20)21-8-6-18(14-22(21)31-13-12-30)17-4-2-1-3-5-17/h1-9,12,14-15,20H,10-11,13,16H2. The number of hydrogen-bond donors (Lipinski definition) is 0. The lowest BCUT2D eigenvalue weighted by Crippen LogP contribution is -2.25. The molecule has 166 valence electrons. The second-order valence-electron chi connectivity index (χ2n) is 7.38. The zero-order valence-electron chi connectivity index (χ0n) is 17.1. The van der Waals surface area contributed by atoms with Gasteiger partial charge in [0.25, 0.3) is 0 Å². The van der Waals surface area contributed by atoms with Crippen LogP contribution in [-0.2, 0) is 11.0 Å². The molecule has 0 N–H and O–H groups in total. The number of rotatable bonds is 7. The lowest BCUT2D eigenvalue weighted by molar-refractivity contribution is -0.137. The van der Waals surface area contributed by atoms with Gasteiger partial charge in [0.15, 0.2) is 6.29 Å². The van der Waals surface area contributed by atoms with Gasteiger partial charge >= 0.3 is 6.18 Å². The third-order valence-electron chi connectivity index (χ3n) is 5.21. The molecule has 1 unspecified atom stereocenters. The lowest BCUT2D eigenvalue weighted by Gasteiger charge is -2.22. The largest absolute Gasteiger partial charge is 0.484 e. The molecule has 4 rings (SSSR count). The molecule has 5 nitrogen and oxygen atoms in total. The Morgan fingerprint density at radius 3 is 2.56 bits per heavy atom. The number of nitrogens with zero attached hydrogens (tertiary/aromatic N) is 2. The molecule has 1 fully saturated rings. The molecule has 0 bridgehead atoms. The first-order chi connectivity index (χ1) is 15.4. The molecule has 1 atom stereocenters. The Bertz CT molecular complexity index is 1060. The number of ether oxygens (including phenoxy) is 2. The molecule has 0 saturated carbocycles. The number of aldehydes is 1. The smallest absolute Gasteiger partial charge is 0.417 e. The van der Waals surface area contributed by atoms with Crippen LogP contribution in [-0.4, -0.2) is 37.1 Å². The molecule has 1 aromatic heterocycles. The number of hydrogen-bond acceptors (Lipinski definition) is 5. The second kappa shape index (κ2) is 9.30. The summed E-state index contributed by atoms with van der Waals surface area (Å²) in [6.07, 6.45) is -2.51. The summed E-state index contributed by atoms with van der Waals surface area (Å²) in [5.74, 6) is 0.744. The van der Waals surface area contributed by atoms with E-state index in [9.17, 15) is 18.0 Å². The minimum Gasteiger partial charge on any atom is -0.484 e. The quantitative estimate of drug-likeness (QED) is 0.482. The summed E-state index contributed by atoms with van der Waals surface area (Å²) in [5, 5.41) is 0. The highest BCUT2D eigenvalue weighted by Crippen LogP contribution is 2.36. The van der Waals surface area contributed by atoms with Gasteiger partial charge in [-0.2, -0.15) is 13.2 Å². The number of carbonyl (C=O) groups excluding carboxylic acids is 1. The number of pyridine rings is 1. The third-order valence-corrected chi connectivity index (χ3v) is 5.21. The van der Waals surface area contributed by atoms with Crippen LogP contribution < -0.4 is 14.4 Å². The fourth-order valence-corrected chi connectivity index (χ4v) is 3.66. The predicted molar refractivity (Wildman–Crippen MR) is 114 cm³/mol. The summed E-state index contributed by atoms with van der Waals surface area (Å²) in [5.41, 5.74) is 2.02. The number of anilines is 1. The van der Waals surface area contributed by atoms with Crippen molar-refractivity contribution in [3.8, 4) is 22.8 Å². The van der Waals surface area contributed by atoms with Crippen molar-refractivity contribution in [2.24, 2.45) is 0 Å². The number of halogens is 3. The summed E-state index contributed by atoms with van der Waals surface area (Å²) in [6.45, 7) is 1.13. The predicted octanol–water partition coefficient (Wildman–Crippen LogP) is 5.00. The lowest BCUT2D eigenvalue weighted by atomic mass is 10.0. The van der Waals surface area contributed by atoms with E-state index >= 15 is 0 Å².